The number of benzene rings is 3. The predicted octanol–water partition coefficient (Wildman–Crippen LogP) is 5.70. The third-order valence-corrected chi connectivity index (χ3v) is 5.36. The average Bonchev–Trinajstić information content (AvgIpc) is 2.86. The van der Waals surface area contributed by atoms with E-state index < -0.39 is 0 Å². The summed E-state index contributed by atoms with van der Waals surface area (Å²) in [5.74, 6) is 0. The highest BCUT2D eigenvalue weighted by Gasteiger charge is 2.49. The Morgan fingerprint density at radius 2 is 1.00 bits per heavy atom. The minimum atomic E-state index is -0.0530. The molecule has 0 heterocycles. The molecule has 0 atom stereocenters. The van der Waals surface area contributed by atoms with Crippen molar-refractivity contribution in [1.82, 2.24) is 0 Å². The van der Waals surface area contributed by atoms with Gasteiger partial charge in [-0.2, -0.15) is 0 Å². The van der Waals surface area contributed by atoms with Crippen LogP contribution in [0.4, 0.5) is 0 Å². The van der Waals surface area contributed by atoms with Gasteiger partial charge >= 0.3 is 0 Å². The first-order chi connectivity index (χ1) is 11.1. The molecule has 1 aliphatic rings. The molecule has 23 heavy (non-hydrogen) atoms. The molecule has 114 valence electrons. The van der Waals surface area contributed by atoms with E-state index in [1.807, 2.05) is 0 Å². The zero-order chi connectivity index (χ0) is 15.9. The Kier molecular flexibility index (Phi) is 3.16. The van der Waals surface area contributed by atoms with Gasteiger partial charge in [-0.3, -0.25) is 0 Å². The van der Waals surface area contributed by atoms with Crippen LogP contribution in [0.3, 0.4) is 0 Å². The largest absolute Gasteiger partial charge is 0.0622 e. The summed E-state index contributed by atoms with van der Waals surface area (Å²) in [4.78, 5) is 0. The van der Waals surface area contributed by atoms with Crippen LogP contribution in [-0.2, 0) is 10.8 Å². The van der Waals surface area contributed by atoms with Crippen LogP contribution < -0.4 is 0 Å². The molecule has 0 bridgehead atoms. The van der Waals surface area contributed by atoms with E-state index in [1.54, 1.807) is 0 Å². The highest BCUT2D eigenvalue weighted by molar-refractivity contribution is 5.59. The lowest BCUT2D eigenvalue weighted by Crippen LogP contribution is -2.28. The van der Waals surface area contributed by atoms with E-state index in [9.17, 15) is 0 Å². The summed E-state index contributed by atoms with van der Waals surface area (Å²) in [7, 11) is 0. The van der Waals surface area contributed by atoms with Crippen molar-refractivity contribution in [2.45, 2.75) is 31.1 Å². The van der Waals surface area contributed by atoms with Gasteiger partial charge in [0.15, 0.2) is 0 Å². The fraction of sp³-hybridized carbons (Fsp3) is 0.217. The zero-order valence-electron chi connectivity index (χ0n) is 13.8. The van der Waals surface area contributed by atoms with Gasteiger partial charge in [-0.25, -0.2) is 0 Å². The monoisotopic (exact) mass is 298 g/mol. The predicted molar refractivity (Wildman–Crippen MR) is 96.9 cm³/mol. The Morgan fingerprint density at radius 3 is 1.52 bits per heavy atom. The average molecular weight is 298 g/mol. The number of rotatable bonds is 2. The molecular formula is C23H22. The summed E-state index contributed by atoms with van der Waals surface area (Å²) in [5.41, 5.74) is 5.84. The third-order valence-electron chi connectivity index (χ3n) is 5.36. The molecule has 3 aromatic rings. The normalized spacial score (nSPS) is 17.7. The van der Waals surface area contributed by atoms with Gasteiger partial charge in [0, 0.05) is 5.41 Å². The van der Waals surface area contributed by atoms with Gasteiger partial charge in [-0.15, -0.1) is 0 Å². The molecule has 1 aliphatic carbocycles. The summed E-state index contributed by atoms with van der Waals surface area (Å²) in [5, 5.41) is 0. The van der Waals surface area contributed by atoms with E-state index in [0.29, 0.717) is 0 Å². The maximum atomic E-state index is 2.37. The standard InChI is InChI=1S/C23H22/c1-22(2)17-23(18-11-5-3-6-12-18,19-13-7-4-8-14-19)21-16-10-9-15-20(21)22/h3-16H,17H2,1-2H3. The van der Waals surface area contributed by atoms with Gasteiger partial charge in [0.25, 0.3) is 0 Å². The number of hydrogen-bond acceptors (Lipinski definition) is 0. The molecule has 0 aliphatic heterocycles. The molecule has 0 heteroatoms. The van der Waals surface area contributed by atoms with Crippen LogP contribution >= 0.6 is 0 Å². The summed E-state index contributed by atoms with van der Waals surface area (Å²) < 4.78 is 0. The Balaban J connectivity index is 2.07. The molecule has 4 rings (SSSR count). The van der Waals surface area contributed by atoms with E-state index >= 15 is 0 Å². The van der Waals surface area contributed by atoms with Crippen molar-refractivity contribution >= 4 is 0 Å². The van der Waals surface area contributed by atoms with Gasteiger partial charge in [-0.1, -0.05) is 98.8 Å². The topological polar surface area (TPSA) is 0 Å². The van der Waals surface area contributed by atoms with Crippen LogP contribution in [-0.4, -0.2) is 0 Å². The minimum absolute atomic E-state index is 0.0530. The van der Waals surface area contributed by atoms with Crippen LogP contribution in [0.15, 0.2) is 84.9 Å². The van der Waals surface area contributed by atoms with Crippen molar-refractivity contribution < 1.29 is 0 Å². The second-order valence-electron chi connectivity index (χ2n) is 7.24. The van der Waals surface area contributed by atoms with Gasteiger partial charge in [0.2, 0.25) is 0 Å². The smallest absolute Gasteiger partial charge is 0.0462 e. The Hall–Kier alpha value is -2.34. The van der Waals surface area contributed by atoms with Crippen molar-refractivity contribution in [3.05, 3.63) is 107 Å². The molecule has 0 unspecified atom stereocenters. The van der Waals surface area contributed by atoms with Crippen LogP contribution in [0.25, 0.3) is 0 Å². The molecule has 0 spiro atoms. The summed E-state index contributed by atoms with van der Waals surface area (Å²) in [6.07, 6.45) is 1.10. The minimum Gasteiger partial charge on any atom is -0.0622 e. The zero-order valence-corrected chi connectivity index (χ0v) is 13.8. The molecule has 0 radical (unpaired) electrons. The lowest BCUT2D eigenvalue weighted by Gasteiger charge is -2.33. The van der Waals surface area contributed by atoms with Crippen LogP contribution in [0, 0.1) is 0 Å². The molecule has 0 aromatic heterocycles. The molecule has 0 fully saturated rings. The van der Waals surface area contributed by atoms with E-state index in [4.69, 9.17) is 0 Å². The summed E-state index contributed by atoms with van der Waals surface area (Å²) in [6.45, 7) is 4.75. The van der Waals surface area contributed by atoms with Crippen LogP contribution in [0.1, 0.15) is 42.5 Å². The first kappa shape index (κ1) is 14.3. The van der Waals surface area contributed by atoms with Crippen molar-refractivity contribution in [1.29, 1.82) is 0 Å². The van der Waals surface area contributed by atoms with E-state index in [2.05, 4.69) is 98.8 Å². The number of fused-ring (bicyclic) bond motifs is 1. The van der Waals surface area contributed by atoms with Gasteiger partial charge in [0.05, 0.1) is 0 Å². The highest BCUT2D eigenvalue weighted by Crippen LogP contribution is 2.55. The Morgan fingerprint density at radius 1 is 0.565 bits per heavy atom. The second kappa shape index (κ2) is 5.09. The third kappa shape index (κ3) is 2.05. The van der Waals surface area contributed by atoms with E-state index in [1.165, 1.54) is 22.3 Å². The molecule has 0 amide bonds. The molecule has 0 N–H and O–H groups in total. The van der Waals surface area contributed by atoms with Crippen LogP contribution in [0.5, 0.6) is 0 Å². The SMILES string of the molecule is CC1(C)CC(c2ccccc2)(c2ccccc2)c2ccccc21. The summed E-state index contributed by atoms with van der Waals surface area (Å²) >= 11 is 0. The van der Waals surface area contributed by atoms with Crippen molar-refractivity contribution in [2.75, 3.05) is 0 Å². The van der Waals surface area contributed by atoms with Crippen molar-refractivity contribution in [3.63, 3.8) is 0 Å². The second-order valence-corrected chi connectivity index (χ2v) is 7.24. The maximum absolute atomic E-state index is 2.37. The van der Waals surface area contributed by atoms with Crippen molar-refractivity contribution in [3.8, 4) is 0 Å². The Bertz CT molecular complexity index is 773. The van der Waals surface area contributed by atoms with Crippen LogP contribution in [0.2, 0.25) is 0 Å². The van der Waals surface area contributed by atoms with E-state index in [-0.39, 0.29) is 10.8 Å². The fourth-order valence-corrected chi connectivity index (χ4v) is 4.43. The molecule has 3 aromatic carbocycles. The molecule has 0 nitrogen and oxygen atoms in total. The maximum Gasteiger partial charge on any atom is 0.0462 e. The summed E-state index contributed by atoms with van der Waals surface area (Å²) in [6, 6.07) is 31.0. The lowest BCUT2D eigenvalue weighted by atomic mass is 9.69. The highest BCUT2D eigenvalue weighted by atomic mass is 14.5. The molecular weight excluding hydrogens is 276 g/mol. The molecule has 0 saturated heterocycles. The first-order valence-corrected chi connectivity index (χ1v) is 8.36. The molecule has 0 saturated carbocycles. The van der Waals surface area contributed by atoms with Gasteiger partial charge in [0.1, 0.15) is 0 Å². The van der Waals surface area contributed by atoms with Gasteiger partial charge in [-0.05, 0) is 34.1 Å². The quantitative estimate of drug-likeness (QED) is 0.569. The lowest BCUT2D eigenvalue weighted by molar-refractivity contribution is 0.444. The van der Waals surface area contributed by atoms with E-state index in [0.717, 1.165) is 6.42 Å². The Labute approximate surface area is 138 Å². The van der Waals surface area contributed by atoms with Gasteiger partial charge < -0.3 is 0 Å². The van der Waals surface area contributed by atoms with Crippen molar-refractivity contribution in [2.24, 2.45) is 0 Å². The fourth-order valence-electron chi connectivity index (χ4n) is 4.43. The number of hydrogen-bond donors (Lipinski definition) is 0. The first-order valence-electron chi connectivity index (χ1n) is 8.36.